The van der Waals surface area contributed by atoms with Crippen LogP contribution in [0, 0.1) is 6.92 Å². The van der Waals surface area contributed by atoms with Crippen molar-refractivity contribution in [2.75, 3.05) is 25.5 Å². The molecule has 2 aromatic rings. The molecule has 0 saturated carbocycles. The van der Waals surface area contributed by atoms with E-state index < -0.39 is 18.3 Å². The summed E-state index contributed by atoms with van der Waals surface area (Å²) in [6.07, 6.45) is 2.32. The molecule has 2 saturated heterocycles. The average Bonchev–Trinajstić information content (AvgIpc) is 2.98. The Morgan fingerprint density at radius 1 is 1.03 bits per heavy atom. The van der Waals surface area contributed by atoms with Gasteiger partial charge in [-0.25, -0.2) is 0 Å². The minimum Gasteiger partial charge on any atom is -0.490 e. The van der Waals surface area contributed by atoms with Crippen LogP contribution in [0.25, 0.3) is 0 Å². The van der Waals surface area contributed by atoms with E-state index in [1.165, 1.54) is 0 Å². The van der Waals surface area contributed by atoms with Crippen LogP contribution in [0.2, 0.25) is 0 Å². The standard InChI is InChI=1S/C26H35BN2O4/c1-18-7-8-19(17-23(18)27-32-25(2,3)26(4,5)33-27)24(30)28-20-9-11-21(12-10-20)31-22-13-15-29(6)16-14-22/h7-12,17,22H,13-16H2,1-6H3,(H,28,30). The number of piperidine rings is 1. The van der Waals surface area contributed by atoms with Gasteiger partial charge in [-0.15, -0.1) is 0 Å². The summed E-state index contributed by atoms with van der Waals surface area (Å²) in [5, 5.41) is 2.98. The molecule has 0 aromatic heterocycles. The van der Waals surface area contributed by atoms with E-state index in [0.29, 0.717) is 5.56 Å². The lowest BCUT2D eigenvalue weighted by Gasteiger charge is -2.32. The monoisotopic (exact) mass is 450 g/mol. The van der Waals surface area contributed by atoms with Gasteiger partial charge in [0.25, 0.3) is 5.91 Å². The molecule has 2 aliphatic rings. The number of amides is 1. The predicted molar refractivity (Wildman–Crippen MR) is 132 cm³/mol. The van der Waals surface area contributed by atoms with Crippen LogP contribution >= 0.6 is 0 Å². The second kappa shape index (κ2) is 9.13. The maximum atomic E-state index is 13.0. The molecule has 4 rings (SSSR count). The Labute approximate surface area is 197 Å². The van der Waals surface area contributed by atoms with E-state index in [0.717, 1.165) is 48.4 Å². The summed E-state index contributed by atoms with van der Waals surface area (Å²) >= 11 is 0. The zero-order valence-corrected chi connectivity index (χ0v) is 20.6. The zero-order valence-electron chi connectivity index (χ0n) is 20.6. The Balaban J connectivity index is 1.41. The van der Waals surface area contributed by atoms with Gasteiger partial charge in [0.05, 0.1) is 11.2 Å². The highest BCUT2D eigenvalue weighted by Gasteiger charge is 2.52. The molecule has 0 bridgehead atoms. The predicted octanol–water partition coefficient (Wildman–Crippen LogP) is 4.02. The van der Waals surface area contributed by atoms with E-state index in [4.69, 9.17) is 14.0 Å². The number of nitrogens with one attached hydrogen (secondary N) is 1. The summed E-state index contributed by atoms with van der Waals surface area (Å²) < 4.78 is 18.5. The van der Waals surface area contributed by atoms with E-state index in [9.17, 15) is 4.79 Å². The largest absolute Gasteiger partial charge is 0.495 e. The third-order valence-corrected chi connectivity index (χ3v) is 7.13. The highest BCUT2D eigenvalue weighted by molar-refractivity contribution is 6.62. The first kappa shape index (κ1) is 23.8. The number of nitrogens with zero attached hydrogens (tertiary/aromatic N) is 1. The van der Waals surface area contributed by atoms with Crippen LogP contribution in [0.15, 0.2) is 42.5 Å². The molecular weight excluding hydrogens is 415 g/mol. The molecule has 0 spiro atoms. The average molecular weight is 450 g/mol. The highest BCUT2D eigenvalue weighted by atomic mass is 16.7. The maximum Gasteiger partial charge on any atom is 0.495 e. The van der Waals surface area contributed by atoms with Gasteiger partial charge in [-0.2, -0.15) is 0 Å². The molecule has 2 fully saturated rings. The van der Waals surface area contributed by atoms with Crippen molar-refractivity contribution in [1.82, 2.24) is 4.90 Å². The van der Waals surface area contributed by atoms with Crippen LogP contribution in [0.1, 0.15) is 56.5 Å². The molecule has 0 aliphatic carbocycles. The lowest BCUT2D eigenvalue weighted by Crippen LogP contribution is -2.41. The number of carbonyl (C=O) groups is 1. The fourth-order valence-electron chi connectivity index (χ4n) is 4.12. The third kappa shape index (κ3) is 5.26. The summed E-state index contributed by atoms with van der Waals surface area (Å²) in [6.45, 7) is 12.2. The third-order valence-electron chi connectivity index (χ3n) is 7.13. The van der Waals surface area contributed by atoms with Crippen molar-refractivity contribution in [2.24, 2.45) is 0 Å². The minimum atomic E-state index is -0.501. The van der Waals surface area contributed by atoms with Gasteiger partial charge < -0.3 is 24.3 Å². The molecule has 2 heterocycles. The number of aryl methyl sites for hydroxylation is 1. The highest BCUT2D eigenvalue weighted by Crippen LogP contribution is 2.36. The molecule has 176 valence electrons. The van der Waals surface area contributed by atoms with Crippen LogP contribution in [0.5, 0.6) is 5.75 Å². The first-order chi connectivity index (χ1) is 15.5. The zero-order chi connectivity index (χ0) is 23.8. The maximum absolute atomic E-state index is 13.0. The minimum absolute atomic E-state index is 0.170. The Kier molecular flexibility index (Phi) is 6.58. The summed E-state index contributed by atoms with van der Waals surface area (Å²) in [5.74, 6) is 0.665. The van der Waals surface area contributed by atoms with E-state index in [1.807, 2.05) is 77.1 Å². The molecule has 1 amide bonds. The number of rotatable bonds is 5. The summed E-state index contributed by atoms with van der Waals surface area (Å²) in [6, 6.07) is 13.2. The Morgan fingerprint density at radius 2 is 1.64 bits per heavy atom. The van der Waals surface area contributed by atoms with Gasteiger partial charge in [0.15, 0.2) is 0 Å². The summed E-state index contributed by atoms with van der Waals surface area (Å²) in [4.78, 5) is 15.3. The summed E-state index contributed by atoms with van der Waals surface area (Å²) in [5.41, 5.74) is 2.34. The van der Waals surface area contributed by atoms with Crippen LogP contribution in [-0.4, -0.2) is 55.4 Å². The Morgan fingerprint density at radius 3 is 2.24 bits per heavy atom. The second-order valence-corrected chi connectivity index (χ2v) is 10.3. The molecular formula is C26H35BN2O4. The SMILES string of the molecule is Cc1ccc(C(=O)Nc2ccc(OC3CCN(C)CC3)cc2)cc1B1OC(C)(C)C(C)(C)O1. The fraction of sp³-hybridized carbons (Fsp3) is 0.500. The van der Waals surface area contributed by atoms with E-state index in [2.05, 4.69) is 17.3 Å². The number of likely N-dealkylation sites (tertiary alicyclic amines) is 1. The van der Waals surface area contributed by atoms with Gasteiger partial charge in [-0.05, 0) is 96.4 Å². The molecule has 0 unspecified atom stereocenters. The smallest absolute Gasteiger partial charge is 0.490 e. The Bertz CT molecular complexity index is 982. The van der Waals surface area contributed by atoms with Crippen molar-refractivity contribution in [1.29, 1.82) is 0 Å². The van der Waals surface area contributed by atoms with Gasteiger partial charge in [0, 0.05) is 24.3 Å². The number of carbonyl (C=O) groups excluding carboxylic acids is 1. The van der Waals surface area contributed by atoms with Gasteiger partial charge in [0.2, 0.25) is 0 Å². The molecule has 0 radical (unpaired) electrons. The van der Waals surface area contributed by atoms with Crippen LogP contribution in [0.4, 0.5) is 5.69 Å². The quantitative estimate of drug-likeness (QED) is 0.698. The molecule has 1 N–H and O–H groups in total. The van der Waals surface area contributed by atoms with E-state index in [-0.39, 0.29) is 12.0 Å². The lowest BCUT2D eigenvalue weighted by molar-refractivity contribution is 0.00578. The molecule has 6 nitrogen and oxygen atoms in total. The van der Waals surface area contributed by atoms with Crippen LogP contribution in [-0.2, 0) is 9.31 Å². The fourth-order valence-corrected chi connectivity index (χ4v) is 4.12. The number of anilines is 1. The van der Waals surface area contributed by atoms with Gasteiger partial charge in [-0.1, -0.05) is 11.6 Å². The Hall–Kier alpha value is -2.35. The molecule has 33 heavy (non-hydrogen) atoms. The van der Waals surface area contributed by atoms with Crippen LogP contribution < -0.4 is 15.5 Å². The second-order valence-electron chi connectivity index (χ2n) is 10.3. The number of ether oxygens (including phenoxy) is 1. The molecule has 0 atom stereocenters. The van der Waals surface area contributed by atoms with Crippen molar-refractivity contribution in [3.63, 3.8) is 0 Å². The number of hydrogen-bond acceptors (Lipinski definition) is 5. The van der Waals surface area contributed by atoms with Gasteiger partial charge in [-0.3, -0.25) is 4.79 Å². The van der Waals surface area contributed by atoms with Crippen molar-refractivity contribution in [3.8, 4) is 5.75 Å². The van der Waals surface area contributed by atoms with Crippen LogP contribution in [0.3, 0.4) is 0 Å². The normalized spacial score (nSPS) is 20.6. The summed E-state index contributed by atoms with van der Waals surface area (Å²) in [7, 11) is 1.64. The topological polar surface area (TPSA) is 60.0 Å². The molecule has 2 aliphatic heterocycles. The van der Waals surface area contributed by atoms with Gasteiger partial charge >= 0.3 is 7.12 Å². The van der Waals surface area contributed by atoms with Crippen molar-refractivity contribution >= 4 is 24.2 Å². The number of hydrogen-bond donors (Lipinski definition) is 1. The first-order valence-corrected chi connectivity index (χ1v) is 11.8. The first-order valence-electron chi connectivity index (χ1n) is 11.8. The van der Waals surface area contributed by atoms with E-state index in [1.54, 1.807) is 0 Å². The van der Waals surface area contributed by atoms with Crippen molar-refractivity contribution < 1.29 is 18.8 Å². The van der Waals surface area contributed by atoms with Crippen molar-refractivity contribution in [3.05, 3.63) is 53.6 Å². The number of benzene rings is 2. The lowest BCUT2D eigenvalue weighted by atomic mass is 9.75. The van der Waals surface area contributed by atoms with E-state index >= 15 is 0 Å². The molecule has 2 aromatic carbocycles. The van der Waals surface area contributed by atoms with Crippen molar-refractivity contribution in [2.45, 2.75) is 64.8 Å². The van der Waals surface area contributed by atoms with Gasteiger partial charge in [0.1, 0.15) is 11.9 Å². The molecule has 7 heteroatoms.